The summed E-state index contributed by atoms with van der Waals surface area (Å²) in [6, 6.07) is 0. The van der Waals surface area contributed by atoms with Crippen molar-refractivity contribution in [3.63, 3.8) is 0 Å². The summed E-state index contributed by atoms with van der Waals surface area (Å²) in [5.41, 5.74) is 0. The first-order valence-electron chi connectivity index (χ1n) is 4.13. The monoisotopic (exact) mass is 164 g/mol. The van der Waals surface area contributed by atoms with Crippen molar-refractivity contribution in [2.45, 2.75) is 25.4 Å². The van der Waals surface area contributed by atoms with Gasteiger partial charge in [-0.25, -0.2) is 0 Å². The third kappa shape index (κ3) is 5.76. The van der Waals surface area contributed by atoms with Gasteiger partial charge in [-0.1, -0.05) is 18.1 Å². The third-order valence-electron chi connectivity index (χ3n) is 1.54. The van der Waals surface area contributed by atoms with E-state index in [0.717, 1.165) is 19.3 Å². The average Bonchev–Trinajstić information content (AvgIpc) is 2.11. The average molecular weight is 164 g/mol. The zero-order valence-electron chi connectivity index (χ0n) is 7.46. The van der Waals surface area contributed by atoms with Crippen molar-refractivity contribution in [1.29, 1.82) is 0 Å². The molecule has 66 valence electrons. The highest BCUT2D eigenvalue weighted by atomic mass is 16.5. The van der Waals surface area contributed by atoms with E-state index in [1.165, 1.54) is 0 Å². The molecule has 12 heavy (non-hydrogen) atoms. The Morgan fingerprint density at radius 2 is 2.25 bits per heavy atom. The fraction of sp³-hybridized carbons (Fsp3) is 0.455. The molecule has 0 fully saturated rings. The molecule has 0 saturated carbocycles. The SMILES string of the molecule is C#CCOC(C=C)CCCC=C. The Morgan fingerprint density at radius 3 is 2.75 bits per heavy atom. The third-order valence-corrected chi connectivity index (χ3v) is 1.54. The number of unbranched alkanes of at least 4 members (excludes halogenated alkanes) is 1. The zero-order valence-corrected chi connectivity index (χ0v) is 7.46. The number of hydrogen-bond acceptors (Lipinski definition) is 1. The number of ether oxygens (including phenoxy) is 1. The van der Waals surface area contributed by atoms with Gasteiger partial charge >= 0.3 is 0 Å². The smallest absolute Gasteiger partial charge is 0.108 e. The maximum Gasteiger partial charge on any atom is 0.108 e. The minimum atomic E-state index is 0.0981. The molecule has 0 aliphatic heterocycles. The Morgan fingerprint density at radius 1 is 1.50 bits per heavy atom. The molecule has 1 nitrogen and oxygen atoms in total. The molecule has 0 aromatic heterocycles. The van der Waals surface area contributed by atoms with Crippen LogP contribution >= 0.6 is 0 Å². The van der Waals surface area contributed by atoms with Crippen molar-refractivity contribution < 1.29 is 4.74 Å². The van der Waals surface area contributed by atoms with Gasteiger partial charge in [0, 0.05) is 0 Å². The summed E-state index contributed by atoms with van der Waals surface area (Å²) in [4.78, 5) is 0. The molecule has 0 radical (unpaired) electrons. The van der Waals surface area contributed by atoms with Crippen molar-refractivity contribution in [1.82, 2.24) is 0 Å². The Hall–Kier alpha value is -1.00. The van der Waals surface area contributed by atoms with Gasteiger partial charge in [-0.3, -0.25) is 0 Å². The largest absolute Gasteiger partial charge is 0.362 e. The molecular weight excluding hydrogens is 148 g/mol. The summed E-state index contributed by atoms with van der Waals surface area (Å²) in [6.07, 6.45) is 11.9. The first kappa shape index (κ1) is 11.0. The van der Waals surface area contributed by atoms with Gasteiger partial charge in [0.1, 0.15) is 6.61 Å². The highest BCUT2D eigenvalue weighted by Gasteiger charge is 2.01. The van der Waals surface area contributed by atoms with Gasteiger partial charge in [-0.15, -0.1) is 19.6 Å². The highest BCUT2D eigenvalue weighted by Crippen LogP contribution is 2.05. The summed E-state index contributed by atoms with van der Waals surface area (Å²) >= 11 is 0. The van der Waals surface area contributed by atoms with Gasteiger partial charge in [0.25, 0.3) is 0 Å². The lowest BCUT2D eigenvalue weighted by atomic mass is 10.1. The molecule has 0 aromatic rings. The molecule has 1 atom stereocenters. The quantitative estimate of drug-likeness (QED) is 0.319. The molecule has 0 N–H and O–H groups in total. The lowest BCUT2D eigenvalue weighted by Gasteiger charge is -2.10. The van der Waals surface area contributed by atoms with Crippen LogP contribution in [-0.2, 0) is 4.74 Å². The van der Waals surface area contributed by atoms with E-state index in [2.05, 4.69) is 19.1 Å². The zero-order chi connectivity index (χ0) is 9.23. The minimum Gasteiger partial charge on any atom is -0.362 e. The van der Waals surface area contributed by atoms with Crippen LogP contribution in [0.15, 0.2) is 25.3 Å². The van der Waals surface area contributed by atoms with Crippen LogP contribution in [0.5, 0.6) is 0 Å². The molecule has 1 unspecified atom stereocenters. The van der Waals surface area contributed by atoms with Gasteiger partial charge in [-0.05, 0) is 19.3 Å². The van der Waals surface area contributed by atoms with Gasteiger partial charge < -0.3 is 4.74 Å². The van der Waals surface area contributed by atoms with Crippen LogP contribution in [0.2, 0.25) is 0 Å². The first-order valence-corrected chi connectivity index (χ1v) is 4.13. The first-order chi connectivity index (χ1) is 5.85. The second kappa shape index (κ2) is 8.10. The Kier molecular flexibility index (Phi) is 7.42. The van der Waals surface area contributed by atoms with Crippen LogP contribution in [0.4, 0.5) is 0 Å². The van der Waals surface area contributed by atoms with Crippen molar-refractivity contribution in [3.8, 4) is 12.3 Å². The van der Waals surface area contributed by atoms with Crippen LogP contribution < -0.4 is 0 Å². The number of hydrogen-bond donors (Lipinski definition) is 0. The summed E-state index contributed by atoms with van der Waals surface area (Å²) in [5.74, 6) is 2.43. The lowest BCUT2D eigenvalue weighted by molar-refractivity contribution is 0.106. The predicted molar refractivity (Wildman–Crippen MR) is 52.8 cm³/mol. The predicted octanol–water partition coefficient (Wildman–Crippen LogP) is 2.55. The van der Waals surface area contributed by atoms with Gasteiger partial charge in [0.2, 0.25) is 0 Å². The van der Waals surface area contributed by atoms with Crippen LogP contribution in [0.1, 0.15) is 19.3 Å². The molecule has 0 aliphatic rings. The second-order valence-corrected chi connectivity index (χ2v) is 2.51. The second-order valence-electron chi connectivity index (χ2n) is 2.51. The molecule has 0 aromatic carbocycles. The topological polar surface area (TPSA) is 9.23 Å². The van der Waals surface area contributed by atoms with Crippen LogP contribution in [-0.4, -0.2) is 12.7 Å². The normalized spacial score (nSPS) is 11.6. The molecule has 0 saturated heterocycles. The molecule has 0 rings (SSSR count). The number of allylic oxidation sites excluding steroid dienone is 1. The van der Waals surface area contributed by atoms with Crippen molar-refractivity contribution >= 4 is 0 Å². The van der Waals surface area contributed by atoms with Crippen LogP contribution in [0.3, 0.4) is 0 Å². The van der Waals surface area contributed by atoms with E-state index < -0.39 is 0 Å². The van der Waals surface area contributed by atoms with Gasteiger partial charge in [0.05, 0.1) is 6.10 Å². The van der Waals surface area contributed by atoms with Gasteiger partial charge in [-0.2, -0.15) is 0 Å². The highest BCUT2D eigenvalue weighted by molar-refractivity contribution is 4.87. The Bertz CT molecular complexity index is 164. The van der Waals surface area contributed by atoms with E-state index in [-0.39, 0.29) is 6.10 Å². The maximum atomic E-state index is 5.30. The van der Waals surface area contributed by atoms with Crippen LogP contribution in [0, 0.1) is 12.3 Å². The van der Waals surface area contributed by atoms with Crippen molar-refractivity contribution in [3.05, 3.63) is 25.3 Å². The molecule has 0 aliphatic carbocycles. The van der Waals surface area contributed by atoms with Crippen molar-refractivity contribution in [2.24, 2.45) is 0 Å². The summed E-state index contributed by atoms with van der Waals surface area (Å²) < 4.78 is 5.30. The number of rotatable bonds is 7. The number of terminal acetylenes is 1. The molecular formula is C11H16O. The molecule has 0 bridgehead atoms. The van der Waals surface area contributed by atoms with E-state index in [0.29, 0.717) is 6.61 Å². The Labute approximate surface area is 75.1 Å². The van der Waals surface area contributed by atoms with Gasteiger partial charge in [0.15, 0.2) is 0 Å². The van der Waals surface area contributed by atoms with E-state index in [1.807, 2.05) is 6.08 Å². The minimum absolute atomic E-state index is 0.0981. The summed E-state index contributed by atoms with van der Waals surface area (Å²) in [5, 5.41) is 0. The standard InChI is InChI=1S/C11H16O/c1-4-7-8-9-11(6-3)12-10-5-2/h2,4,6,11H,1,3,7-10H2. The van der Waals surface area contributed by atoms with E-state index in [1.54, 1.807) is 6.08 Å². The molecule has 1 heteroatoms. The van der Waals surface area contributed by atoms with E-state index in [9.17, 15) is 0 Å². The molecule has 0 heterocycles. The van der Waals surface area contributed by atoms with E-state index in [4.69, 9.17) is 11.2 Å². The lowest BCUT2D eigenvalue weighted by Crippen LogP contribution is -2.09. The van der Waals surface area contributed by atoms with Crippen molar-refractivity contribution in [2.75, 3.05) is 6.61 Å². The molecule has 0 spiro atoms. The molecule has 0 amide bonds. The summed E-state index contributed by atoms with van der Waals surface area (Å²) in [7, 11) is 0. The maximum absolute atomic E-state index is 5.30. The fourth-order valence-electron chi connectivity index (χ4n) is 0.888. The van der Waals surface area contributed by atoms with Crippen LogP contribution in [0.25, 0.3) is 0 Å². The van der Waals surface area contributed by atoms with E-state index >= 15 is 0 Å². The summed E-state index contributed by atoms with van der Waals surface area (Å²) in [6.45, 7) is 7.69. The Balaban J connectivity index is 3.46. The fourth-order valence-corrected chi connectivity index (χ4v) is 0.888.